The van der Waals surface area contributed by atoms with Gasteiger partial charge in [0.25, 0.3) is 0 Å². The summed E-state index contributed by atoms with van der Waals surface area (Å²) < 4.78 is 27.0. The highest BCUT2D eigenvalue weighted by molar-refractivity contribution is 9.10. The number of hydrogen-bond acceptors (Lipinski definition) is 3. The predicted molar refractivity (Wildman–Crippen MR) is 77.5 cm³/mol. The normalized spacial score (nSPS) is 10.3. The second-order valence-corrected chi connectivity index (χ2v) is 4.96. The number of nitrogens with zero attached hydrogens (tertiary/aromatic N) is 1. The van der Waals surface area contributed by atoms with Crippen molar-refractivity contribution in [1.29, 1.82) is 0 Å². The zero-order valence-corrected chi connectivity index (χ0v) is 11.9. The van der Waals surface area contributed by atoms with E-state index in [1.165, 1.54) is 6.20 Å². The van der Waals surface area contributed by atoms with Crippen molar-refractivity contribution < 1.29 is 8.78 Å². The van der Waals surface area contributed by atoms with Crippen molar-refractivity contribution in [2.45, 2.75) is 0 Å². The lowest BCUT2D eigenvalue weighted by molar-refractivity contribution is 0.598. The molecule has 0 radical (unpaired) electrons. The molecule has 1 heterocycles. The molecule has 7 heteroatoms. The maximum Gasteiger partial charge on any atom is 0.147 e. The average molecular weight is 344 g/mol. The van der Waals surface area contributed by atoms with Gasteiger partial charge in [-0.25, -0.2) is 8.78 Å². The molecule has 0 aliphatic carbocycles. The number of aromatic nitrogens is 1. The lowest BCUT2D eigenvalue weighted by Crippen LogP contribution is -2.11. The standard InChI is InChI=1S/C12H8BrF2N3S/c13-7-3-9(15)11(4-8(7)14)18-6-1-2-10(12(16)19)17-5-6/h1-5,18H,(H2,16,19). The first-order valence-corrected chi connectivity index (χ1v) is 6.35. The van der Waals surface area contributed by atoms with E-state index in [0.29, 0.717) is 11.4 Å². The van der Waals surface area contributed by atoms with Gasteiger partial charge in [-0.05, 0) is 34.1 Å². The first kappa shape index (κ1) is 13.8. The van der Waals surface area contributed by atoms with Crippen molar-refractivity contribution in [3.63, 3.8) is 0 Å². The molecule has 2 aromatic rings. The van der Waals surface area contributed by atoms with E-state index >= 15 is 0 Å². The number of anilines is 2. The minimum atomic E-state index is -0.577. The number of benzene rings is 1. The van der Waals surface area contributed by atoms with Crippen molar-refractivity contribution in [3.8, 4) is 0 Å². The van der Waals surface area contributed by atoms with Crippen LogP contribution in [0.4, 0.5) is 20.2 Å². The Hall–Kier alpha value is -1.60. The van der Waals surface area contributed by atoms with Crippen LogP contribution in [0.5, 0.6) is 0 Å². The van der Waals surface area contributed by atoms with Crippen LogP contribution in [0.1, 0.15) is 5.69 Å². The molecular formula is C12H8BrF2N3S. The second-order valence-electron chi connectivity index (χ2n) is 3.67. The maximum absolute atomic E-state index is 13.6. The topological polar surface area (TPSA) is 50.9 Å². The Balaban J connectivity index is 2.26. The van der Waals surface area contributed by atoms with Crippen molar-refractivity contribution >= 4 is 44.5 Å². The third-order valence-corrected chi connectivity index (χ3v) is 3.12. The van der Waals surface area contributed by atoms with Gasteiger partial charge in [-0.1, -0.05) is 12.2 Å². The molecule has 3 N–H and O–H groups in total. The summed E-state index contributed by atoms with van der Waals surface area (Å²) in [5.74, 6) is -1.14. The average Bonchev–Trinajstić information content (AvgIpc) is 2.36. The van der Waals surface area contributed by atoms with Crippen LogP contribution in [0.2, 0.25) is 0 Å². The number of halogens is 3. The molecule has 1 aromatic heterocycles. The van der Waals surface area contributed by atoms with Gasteiger partial charge in [0.15, 0.2) is 0 Å². The summed E-state index contributed by atoms with van der Waals surface area (Å²) in [6.45, 7) is 0. The molecule has 1 aromatic carbocycles. The molecule has 0 unspecified atom stereocenters. The molecule has 0 spiro atoms. The van der Waals surface area contributed by atoms with Crippen LogP contribution in [0, 0.1) is 11.6 Å². The largest absolute Gasteiger partial charge is 0.388 e. The Morgan fingerprint density at radius 1 is 1.26 bits per heavy atom. The van der Waals surface area contributed by atoms with E-state index < -0.39 is 11.6 Å². The number of rotatable bonds is 3. The third-order valence-electron chi connectivity index (χ3n) is 2.30. The van der Waals surface area contributed by atoms with E-state index in [2.05, 4.69) is 26.2 Å². The number of nitrogens with two attached hydrogens (primary N) is 1. The van der Waals surface area contributed by atoms with Crippen molar-refractivity contribution in [1.82, 2.24) is 4.98 Å². The number of hydrogen-bond donors (Lipinski definition) is 2. The summed E-state index contributed by atoms with van der Waals surface area (Å²) in [5.41, 5.74) is 6.39. The molecule has 98 valence electrons. The quantitative estimate of drug-likeness (QED) is 0.661. The van der Waals surface area contributed by atoms with E-state index in [9.17, 15) is 8.78 Å². The van der Waals surface area contributed by atoms with Crippen LogP contribution < -0.4 is 11.1 Å². The highest BCUT2D eigenvalue weighted by atomic mass is 79.9. The van der Waals surface area contributed by atoms with Crippen LogP contribution in [0.25, 0.3) is 0 Å². The van der Waals surface area contributed by atoms with E-state index in [1.54, 1.807) is 12.1 Å². The van der Waals surface area contributed by atoms with E-state index in [1.807, 2.05) is 0 Å². The minimum Gasteiger partial charge on any atom is -0.388 e. The van der Waals surface area contributed by atoms with Gasteiger partial charge in [-0.3, -0.25) is 4.98 Å². The van der Waals surface area contributed by atoms with Gasteiger partial charge in [0, 0.05) is 6.07 Å². The van der Waals surface area contributed by atoms with Crippen LogP contribution in [0.3, 0.4) is 0 Å². The fourth-order valence-electron chi connectivity index (χ4n) is 1.39. The van der Waals surface area contributed by atoms with Gasteiger partial charge < -0.3 is 11.1 Å². The molecule has 0 amide bonds. The van der Waals surface area contributed by atoms with Crippen LogP contribution in [0.15, 0.2) is 34.9 Å². The molecule has 0 atom stereocenters. The zero-order valence-electron chi connectivity index (χ0n) is 9.45. The monoisotopic (exact) mass is 343 g/mol. The molecule has 19 heavy (non-hydrogen) atoms. The van der Waals surface area contributed by atoms with Crippen molar-refractivity contribution in [3.05, 3.63) is 52.3 Å². The van der Waals surface area contributed by atoms with Gasteiger partial charge >= 0.3 is 0 Å². The summed E-state index contributed by atoms with van der Waals surface area (Å²) in [4.78, 5) is 4.16. The van der Waals surface area contributed by atoms with Gasteiger partial charge in [-0.2, -0.15) is 0 Å². The Morgan fingerprint density at radius 3 is 2.58 bits per heavy atom. The predicted octanol–water partition coefficient (Wildman–Crippen LogP) is 3.50. The molecule has 0 fully saturated rings. The number of thiocarbonyl (C=S) groups is 1. The number of nitrogens with one attached hydrogen (secondary N) is 1. The number of pyridine rings is 1. The van der Waals surface area contributed by atoms with Crippen LogP contribution >= 0.6 is 28.1 Å². The molecule has 0 aliphatic heterocycles. The maximum atomic E-state index is 13.6. The second kappa shape index (κ2) is 5.58. The zero-order chi connectivity index (χ0) is 14.0. The Morgan fingerprint density at radius 2 is 2.00 bits per heavy atom. The third kappa shape index (κ3) is 3.24. The first-order chi connectivity index (χ1) is 8.97. The van der Waals surface area contributed by atoms with Gasteiger partial charge in [0.2, 0.25) is 0 Å². The molecule has 2 rings (SSSR count). The first-order valence-electron chi connectivity index (χ1n) is 5.15. The van der Waals surface area contributed by atoms with E-state index in [0.717, 1.165) is 12.1 Å². The van der Waals surface area contributed by atoms with Crippen LogP contribution in [-0.2, 0) is 0 Å². The van der Waals surface area contributed by atoms with E-state index in [-0.39, 0.29) is 15.1 Å². The minimum absolute atomic E-state index is 0.0191. The summed E-state index contributed by atoms with van der Waals surface area (Å²) in [6.07, 6.45) is 1.44. The summed E-state index contributed by atoms with van der Waals surface area (Å²) in [5, 5.41) is 2.72. The Labute approximate surface area is 122 Å². The van der Waals surface area contributed by atoms with Gasteiger partial charge in [0.05, 0.1) is 27.7 Å². The fraction of sp³-hybridized carbons (Fsp3) is 0. The Kier molecular flexibility index (Phi) is 4.06. The SMILES string of the molecule is NC(=S)c1ccc(Nc2cc(F)c(Br)cc2F)cn1. The lowest BCUT2D eigenvalue weighted by Gasteiger charge is -2.08. The molecule has 3 nitrogen and oxygen atoms in total. The van der Waals surface area contributed by atoms with Gasteiger partial charge in [0.1, 0.15) is 16.6 Å². The molecule has 0 aliphatic rings. The lowest BCUT2D eigenvalue weighted by atomic mass is 10.2. The summed E-state index contributed by atoms with van der Waals surface area (Å²) in [6, 6.07) is 5.33. The summed E-state index contributed by atoms with van der Waals surface area (Å²) in [7, 11) is 0. The fourth-order valence-corrected chi connectivity index (χ4v) is 1.82. The van der Waals surface area contributed by atoms with Crippen molar-refractivity contribution in [2.75, 3.05) is 5.32 Å². The molecular weight excluding hydrogens is 336 g/mol. The Bertz CT molecular complexity index is 632. The smallest absolute Gasteiger partial charge is 0.147 e. The molecule has 0 bridgehead atoms. The highest BCUT2D eigenvalue weighted by Crippen LogP contribution is 2.25. The molecule has 0 saturated carbocycles. The highest BCUT2D eigenvalue weighted by Gasteiger charge is 2.08. The van der Waals surface area contributed by atoms with Crippen LogP contribution in [-0.4, -0.2) is 9.97 Å². The summed E-state index contributed by atoms with van der Waals surface area (Å²) >= 11 is 7.68. The van der Waals surface area contributed by atoms with Crippen molar-refractivity contribution in [2.24, 2.45) is 5.73 Å². The molecule has 0 saturated heterocycles. The van der Waals surface area contributed by atoms with E-state index in [4.69, 9.17) is 18.0 Å². The van der Waals surface area contributed by atoms with Gasteiger partial charge in [-0.15, -0.1) is 0 Å².